The van der Waals surface area contributed by atoms with Crippen LogP contribution in [0, 0.1) is 6.92 Å². The summed E-state index contributed by atoms with van der Waals surface area (Å²) in [7, 11) is 0. The standard InChI is InChI=1S/C15H13NOS/c1-9-2-5-14-13(6-9)15(17)12-4-3-11(16)7-10(12)8-18-14/h2-7H,8,16H2,1H3. The van der Waals surface area contributed by atoms with Gasteiger partial charge in [0.25, 0.3) is 0 Å². The van der Waals surface area contributed by atoms with Gasteiger partial charge in [-0.1, -0.05) is 11.6 Å². The number of hydrogen-bond donors (Lipinski definition) is 1. The molecule has 2 aromatic rings. The van der Waals surface area contributed by atoms with E-state index in [9.17, 15) is 4.79 Å². The lowest BCUT2D eigenvalue weighted by Gasteiger charge is -2.06. The molecule has 0 aliphatic carbocycles. The van der Waals surface area contributed by atoms with Gasteiger partial charge < -0.3 is 5.73 Å². The molecule has 0 saturated carbocycles. The Morgan fingerprint density at radius 1 is 1.11 bits per heavy atom. The van der Waals surface area contributed by atoms with Gasteiger partial charge in [-0.15, -0.1) is 11.8 Å². The Hall–Kier alpha value is -1.74. The summed E-state index contributed by atoms with van der Waals surface area (Å²) in [4.78, 5) is 13.6. The van der Waals surface area contributed by atoms with Crippen molar-refractivity contribution in [3.63, 3.8) is 0 Å². The van der Waals surface area contributed by atoms with Crippen LogP contribution < -0.4 is 5.73 Å². The van der Waals surface area contributed by atoms with Crippen molar-refractivity contribution < 1.29 is 4.79 Å². The SMILES string of the molecule is Cc1ccc2c(c1)C(=O)c1ccc(N)cc1CS2. The van der Waals surface area contributed by atoms with E-state index in [0.29, 0.717) is 5.69 Å². The molecular weight excluding hydrogens is 242 g/mol. The first kappa shape index (κ1) is 11.4. The molecule has 1 aliphatic rings. The van der Waals surface area contributed by atoms with Crippen LogP contribution in [0.5, 0.6) is 0 Å². The van der Waals surface area contributed by atoms with E-state index >= 15 is 0 Å². The van der Waals surface area contributed by atoms with Gasteiger partial charge in [-0.3, -0.25) is 4.79 Å². The second-order valence-corrected chi connectivity index (χ2v) is 5.55. The van der Waals surface area contributed by atoms with Crippen LogP contribution in [0.3, 0.4) is 0 Å². The fraction of sp³-hybridized carbons (Fsp3) is 0.133. The van der Waals surface area contributed by atoms with Crippen LogP contribution in [0.25, 0.3) is 0 Å². The van der Waals surface area contributed by atoms with E-state index in [0.717, 1.165) is 32.9 Å². The van der Waals surface area contributed by atoms with Gasteiger partial charge in [0.2, 0.25) is 0 Å². The number of carbonyl (C=O) groups is 1. The molecule has 0 saturated heterocycles. The molecule has 0 aromatic heterocycles. The number of thioether (sulfide) groups is 1. The zero-order chi connectivity index (χ0) is 12.7. The number of anilines is 1. The third kappa shape index (κ3) is 1.81. The minimum atomic E-state index is 0.105. The number of rotatable bonds is 0. The molecule has 3 heteroatoms. The molecular formula is C15H13NOS. The second-order valence-electron chi connectivity index (χ2n) is 4.53. The van der Waals surface area contributed by atoms with Crippen molar-refractivity contribution >= 4 is 23.2 Å². The number of fused-ring (bicyclic) bond motifs is 2. The van der Waals surface area contributed by atoms with Gasteiger partial charge in [-0.2, -0.15) is 0 Å². The van der Waals surface area contributed by atoms with Crippen molar-refractivity contribution in [3.05, 3.63) is 58.7 Å². The molecule has 3 rings (SSSR count). The summed E-state index contributed by atoms with van der Waals surface area (Å²) in [5.74, 6) is 0.899. The summed E-state index contributed by atoms with van der Waals surface area (Å²) < 4.78 is 0. The van der Waals surface area contributed by atoms with E-state index in [1.807, 2.05) is 37.3 Å². The highest BCUT2D eigenvalue weighted by Gasteiger charge is 2.21. The van der Waals surface area contributed by atoms with E-state index in [-0.39, 0.29) is 5.78 Å². The van der Waals surface area contributed by atoms with Crippen molar-refractivity contribution in [2.75, 3.05) is 5.73 Å². The molecule has 2 N–H and O–H groups in total. The Kier molecular flexibility index (Phi) is 2.63. The molecule has 0 radical (unpaired) electrons. The van der Waals surface area contributed by atoms with E-state index in [4.69, 9.17) is 5.73 Å². The predicted octanol–water partition coefficient (Wildman–Crippen LogP) is 3.41. The average molecular weight is 255 g/mol. The zero-order valence-electron chi connectivity index (χ0n) is 10.1. The summed E-state index contributed by atoms with van der Waals surface area (Å²) in [6.07, 6.45) is 0. The maximum atomic E-state index is 12.5. The first-order valence-corrected chi connectivity index (χ1v) is 6.80. The summed E-state index contributed by atoms with van der Waals surface area (Å²) in [5.41, 5.74) is 10.2. The quantitative estimate of drug-likeness (QED) is 0.733. The molecule has 18 heavy (non-hydrogen) atoms. The summed E-state index contributed by atoms with van der Waals surface area (Å²) in [5, 5.41) is 0. The first-order chi connectivity index (χ1) is 8.65. The molecule has 90 valence electrons. The highest BCUT2D eigenvalue weighted by Crippen LogP contribution is 2.34. The molecule has 0 bridgehead atoms. The molecule has 0 atom stereocenters. The van der Waals surface area contributed by atoms with Gasteiger partial charge in [0.1, 0.15) is 0 Å². The van der Waals surface area contributed by atoms with E-state index < -0.39 is 0 Å². The van der Waals surface area contributed by atoms with Gasteiger partial charge >= 0.3 is 0 Å². The maximum absolute atomic E-state index is 12.5. The average Bonchev–Trinajstić information content (AvgIpc) is 2.48. The number of ketones is 1. The van der Waals surface area contributed by atoms with Crippen LogP contribution in [0.1, 0.15) is 27.0 Å². The third-order valence-electron chi connectivity index (χ3n) is 3.14. The van der Waals surface area contributed by atoms with E-state index in [1.165, 1.54) is 0 Å². The third-order valence-corrected chi connectivity index (χ3v) is 4.26. The number of aryl methyl sites for hydroxylation is 1. The molecule has 0 spiro atoms. The lowest BCUT2D eigenvalue weighted by molar-refractivity contribution is 0.103. The van der Waals surface area contributed by atoms with Gasteiger partial charge in [0.05, 0.1) is 0 Å². The van der Waals surface area contributed by atoms with Crippen LogP contribution in [-0.4, -0.2) is 5.78 Å². The van der Waals surface area contributed by atoms with Crippen molar-refractivity contribution in [1.29, 1.82) is 0 Å². The number of hydrogen-bond acceptors (Lipinski definition) is 3. The fourth-order valence-corrected chi connectivity index (χ4v) is 3.22. The number of benzene rings is 2. The maximum Gasteiger partial charge on any atom is 0.194 e. The van der Waals surface area contributed by atoms with Crippen molar-refractivity contribution in [2.24, 2.45) is 0 Å². The first-order valence-electron chi connectivity index (χ1n) is 5.82. The minimum absolute atomic E-state index is 0.105. The van der Waals surface area contributed by atoms with Gasteiger partial charge in [-0.05, 0) is 42.8 Å². The normalized spacial score (nSPS) is 13.7. The van der Waals surface area contributed by atoms with Crippen LogP contribution in [0.15, 0.2) is 41.3 Å². The predicted molar refractivity (Wildman–Crippen MR) is 75.0 cm³/mol. The Morgan fingerprint density at radius 3 is 2.78 bits per heavy atom. The fourth-order valence-electron chi connectivity index (χ4n) is 2.20. The van der Waals surface area contributed by atoms with Crippen molar-refractivity contribution in [1.82, 2.24) is 0 Å². The minimum Gasteiger partial charge on any atom is -0.399 e. The Morgan fingerprint density at radius 2 is 1.94 bits per heavy atom. The Bertz CT molecular complexity index is 649. The van der Waals surface area contributed by atoms with Crippen molar-refractivity contribution in [3.8, 4) is 0 Å². The lowest BCUT2D eigenvalue weighted by Crippen LogP contribution is -2.04. The van der Waals surface area contributed by atoms with Crippen LogP contribution in [-0.2, 0) is 5.75 Å². The number of nitrogens with two attached hydrogens (primary N) is 1. The van der Waals surface area contributed by atoms with Gasteiger partial charge in [0, 0.05) is 27.5 Å². The van der Waals surface area contributed by atoms with E-state index in [2.05, 4.69) is 0 Å². The molecule has 1 heterocycles. The van der Waals surface area contributed by atoms with Crippen LogP contribution in [0.2, 0.25) is 0 Å². The molecule has 1 aliphatic heterocycles. The van der Waals surface area contributed by atoms with E-state index in [1.54, 1.807) is 17.8 Å². The number of carbonyl (C=O) groups excluding carboxylic acids is 1. The monoisotopic (exact) mass is 255 g/mol. The number of nitrogen functional groups attached to an aromatic ring is 1. The summed E-state index contributed by atoms with van der Waals surface area (Å²) in [6.45, 7) is 2.01. The second kappa shape index (κ2) is 4.18. The smallest absolute Gasteiger partial charge is 0.194 e. The summed E-state index contributed by atoms with van der Waals surface area (Å²) in [6, 6.07) is 11.6. The van der Waals surface area contributed by atoms with Crippen LogP contribution in [0.4, 0.5) is 5.69 Å². The van der Waals surface area contributed by atoms with Crippen LogP contribution >= 0.6 is 11.8 Å². The van der Waals surface area contributed by atoms with Crippen molar-refractivity contribution in [2.45, 2.75) is 17.6 Å². The topological polar surface area (TPSA) is 43.1 Å². The Labute approximate surface area is 110 Å². The van der Waals surface area contributed by atoms with Gasteiger partial charge in [0.15, 0.2) is 5.78 Å². The lowest BCUT2D eigenvalue weighted by atomic mass is 9.98. The van der Waals surface area contributed by atoms with Gasteiger partial charge in [-0.25, -0.2) is 0 Å². The molecule has 0 fully saturated rings. The Balaban J connectivity index is 2.20. The molecule has 2 nitrogen and oxygen atoms in total. The highest BCUT2D eigenvalue weighted by atomic mass is 32.2. The summed E-state index contributed by atoms with van der Waals surface area (Å²) >= 11 is 1.70. The largest absolute Gasteiger partial charge is 0.399 e. The molecule has 0 amide bonds. The molecule has 0 unspecified atom stereocenters. The zero-order valence-corrected chi connectivity index (χ0v) is 10.9. The molecule has 2 aromatic carbocycles. The highest BCUT2D eigenvalue weighted by molar-refractivity contribution is 7.98.